The van der Waals surface area contributed by atoms with Crippen molar-refractivity contribution in [3.63, 3.8) is 0 Å². The summed E-state index contributed by atoms with van der Waals surface area (Å²) in [6, 6.07) is 19.9. The maximum absolute atomic E-state index is 13.5. The Labute approximate surface area is 202 Å². The maximum Gasteiger partial charge on any atom is 0.258 e. The van der Waals surface area contributed by atoms with Crippen LogP contribution in [0.1, 0.15) is 47.3 Å². The minimum Gasteiger partial charge on any atom is -0.485 e. The van der Waals surface area contributed by atoms with Gasteiger partial charge in [-0.05, 0) is 47.0 Å². The van der Waals surface area contributed by atoms with E-state index < -0.39 is 0 Å². The fourth-order valence-electron chi connectivity index (χ4n) is 4.23. The van der Waals surface area contributed by atoms with Gasteiger partial charge in [-0.1, -0.05) is 55.0 Å². The van der Waals surface area contributed by atoms with Crippen LogP contribution in [-0.4, -0.2) is 38.5 Å². The SMILES string of the molecule is CCCCc1oc2ccccc2c1C(=O)N(C)Cc1ccc2cc(OCc3nn[nH]n3)ccc2c1. The van der Waals surface area contributed by atoms with Gasteiger partial charge in [0, 0.05) is 25.4 Å². The Balaban J connectivity index is 1.33. The number of rotatable bonds is 9. The van der Waals surface area contributed by atoms with Crippen molar-refractivity contribution in [3.8, 4) is 5.75 Å². The number of ether oxygens (including phenoxy) is 1. The first-order valence-corrected chi connectivity index (χ1v) is 11.8. The van der Waals surface area contributed by atoms with Gasteiger partial charge in [0.1, 0.15) is 17.1 Å². The highest BCUT2D eigenvalue weighted by molar-refractivity contribution is 6.07. The van der Waals surface area contributed by atoms with Crippen molar-refractivity contribution in [2.75, 3.05) is 7.05 Å². The highest BCUT2D eigenvalue weighted by Crippen LogP contribution is 2.29. The molecule has 0 aliphatic heterocycles. The van der Waals surface area contributed by atoms with Crippen molar-refractivity contribution < 1.29 is 13.9 Å². The zero-order valence-corrected chi connectivity index (χ0v) is 19.8. The fraction of sp³-hybridized carbons (Fsp3) is 0.259. The first kappa shape index (κ1) is 22.6. The number of fused-ring (bicyclic) bond motifs is 2. The molecule has 0 spiro atoms. The number of benzene rings is 3. The Bertz CT molecular complexity index is 1460. The quantitative estimate of drug-likeness (QED) is 0.315. The van der Waals surface area contributed by atoms with E-state index in [1.54, 1.807) is 4.90 Å². The minimum atomic E-state index is -0.0219. The number of aromatic nitrogens is 4. The normalized spacial score (nSPS) is 11.3. The van der Waals surface area contributed by atoms with E-state index in [-0.39, 0.29) is 12.5 Å². The summed E-state index contributed by atoms with van der Waals surface area (Å²) in [6.07, 6.45) is 2.78. The Morgan fingerprint density at radius 2 is 1.91 bits per heavy atom. The summed E-state index contributed by atoms with van der Waals surface area (Å²) in [5.74, 6) is 1.98. The van der Waals surface area contributed by atoms with Crippen LogP contribution in [0, 0.1) is 0 Å². The van der Waals surface area contributed by atoms with Crippen molar-refractivity contribution in [2.45, 2.75) is 39.3 Å². The van der Waals surface area contributed by atoms with Crippen LogP contribution in [0.5, 0.6) is 5.75 Å². The summed E-state index contributed by atoms with van der Waals surface area (Å²) in [5, 5.41) is 16.7. The lowest BCUT2D eigenvalue weighted by molar-refractivity contribution is 0.0784. The molecule has 0 saturated carbocycles. The monoisotopic (exact) mass is 469 g/mol. The summed E-state index contributed by atoms with van der Waals surface area (Å²) in [5.41, 5.74) is 2.50. The summed E-state index contributed by atoms with van der Waals surface area (Å²) in [6.45, 7) is 2.88. The fourth-order valence-corrected chi connectivity index (χ4v) is 4.23. The highest BCUT2D eigenvalue weighted by atomic mass is 16.5. The maximum atomic E-state index is 13.5. The van der Waals surface area contributed by atoms with Gasteiger partial charge in [-0.25, -0.2) is 0 Å². The van der Waals surface area contributed by atoms with E-state index in [0.717, 1.165) is 58.1 Å². The number of furan rings is 1. The van der Waals surface area contributed by atoms with Gasteiger partial charge in [0.25, 0.3) is 5.91 Å². The van der Waals surface area contributed by atoms with Gasteiger partial charge in [0.2, 0.25) is 5.82 Å². The molecule has 0 radical (unpaired) electrons. The molecule has 8 nitrogen and oxygen atoms in total. The molecule has 5 rings (SSSR count). The molecule has 0 unspecified atom stereocenters. The number of nitrogens with zero attached hydrogens (tertiary/aromatic N) is 4. The third kappa shape index (κ3) is 4.87. The number of hydrogen-bond donors (Lipinski definition) is 1. The molecule has 8 heteroatoms. The third-order valence-electron chi connectivity index (χ3n) is 6.04. The van der Waals surface area contributed by atoms with Gasteiger partial charge in [-0.2, -0.15) is 5.21 Å². The van der Waals surface area contributed by atoms with Crippen LogP contribution in [0.15, 0.2) is 65.1 Å². The molecule has 1 amide bonds. The lowest BCUT2D eigenvalue weighted by Gasteiger charge is -2.18. The molecule has 1 N–H and O–H groups in total. The number of amides is 1. The molecule has 0 bridgehead atoms. The number of H-pyrrole nitrogens is 1. The number of aromatic amines is 1. The van der Waals surface area contributed by atoms with Crippen LogP contribution in [0.25, 0.3) is 21.7 Å². The van der Waals surface area contributed by atoms with Crippen LogP contribution >= 0.6 is 0 Å². The van der Waals surface area contributed by atoms with Gasteiger partial charge < -0.3 is 14.1 Å². The van der Waals surface area contributed by atoms with Gasteiger partial charge in [-0.15, -0.1) is 10.2 Å². The van der Waals surface area contributed by atoms with E-state index in [1.165, 1.54) is 0 Å². The molecule has 5 aromatic rings. The molecule has 0 fully saturated rings. The van der Waals surface area contributed by atoms with Crippen LogP contribution in [-0.2, 0) is 19.6 Å². The number of carbonyl (C=O) groups is 1. The second kappa shape index (κ2) is 9.97. The van der Waals surface area contributed by atoms with Crippen LogP contribution in [0.3, 0.4) is 0 Å². The molecular weight excluding hydrogens is 442 g/mol. The van der Waals surface area contributed by atoms with E-state index in [0.29, 0.717) is 17.9 Å². The molecule has 0 saturated heterocycles. The van der Waals surface area contributed by atoms with Crippen LogP contribution in [0.4, 0.5) is 0 Å². The molecule has 0 atom stereocenters. The van der Waals surface area contributed by atoms with Crippen LogP contribution < -0.4 is 4.74 Å². The zero-order valence-electron chi connectivity index (χ0n) is 19.8. The highest BCUT2D eigenvalue weighted by Gasteiger charge is 2.23. The molecule has 178 valence electrons. The van der Waals surface area contributed by atoms with Crippen molar-refractivity contribution in [1.29, 1.82) is 0 Å². The predicted molar refractivity (Wildman–Crippen MR) is 133 cm³/mol. The number of carbonyl (C=O) groups excluding carboxylic acids is 1. The minimum absolute atomic E-state index is 0.0219. The van der Waals surface area contributed by atoms with Gasteiger partial charge in [0.05, 0.1) is 5.56 Å². The van der Waals surface area contributed by atoms with Gasteiger partial charge >= 0.3 is 0 Å². The number of para-hydroxylation sites is 1. The Hall–Kier alpha value is -4.20. The summed E-state index contributed by atoms with van der Waals surface area (Å²) < 4.78 is 11.8. The second-order valence-electron chi connectivity index (χ2n) is 8.62. The van der Waals surface area contributed by atoms with E-state index in [2.05, 4.69) is 33.6 Å². The average Bonchev–Trinajstić information content (AvgIpc) is 3.53. The number of hydrogen-bond acceptors (Lipinski definition) is 6. The Morgan fingerprint density at radius 1 is 1.09 bits per heavy atom. The molecule has 0 aliphatic rings. The average molecular weight is 470 g/mol. The number of nitrogens with one attached hydrogen (secondary N) is 1. The molecular formula is C27H27N5O3. The van der Waals surface area contributed by atoms with Crippen LogP contribution in [0.2, 0.25) is 0 Å². The van der Waals surface area contributed by atoms with Crippen molar-refractivity contribution in [2.24, 2.45) is 0 Å². The van der Waals surface area contributed by atoms with E-state index in [1.807, 2.05) is 61.6 Å². The first-order chi connectivity index (χ1) is 17.1. The zero-order chi connectivity index (χ0) is 24.2. The van der Waals surface area contributed by atoms with Crippen molar-refractivity contribution in [1.82, 2.24) is 25.5 Å². The van der Waals surface area contributed by atoms with E-state index >= 15 is 0 Å². The van der Waals surface area contributed by atoms with E-state index in [4.69, 9.17) is 9.15 Å². The van der Waals surface area contributed by atoms with Crippen molar-refractivity contribution in [3.05, 3.63) is 83.4 Å². The first-order valence-electron chi connectivity index (χ1n) is 11.8. The molecule has 3 aromatic carbocycles. The Kier molecular flexibility index (Phi) is 6.43. The predicted octanol–water partition coefficient (Wildman–Crippen LogP) is 5.29. The number of aryl methyl sites for hydroxylation is 1. The van der Waals surface area contributed by atoms with Gasteiger partial charge in [-0.3, -0.25) is 4.79 Å². The van der Waals surface area contributed by atoms with E-state index in [9.17, 15) is 4.79 Å². The smallest absolute Gasteiger partial charge is 0.258 e. The number of unbranched alkanes of at least 4 members (excludes halogenated alkanes) is 1. The number of tetrazole rings is 1. The standard InChI is InChI=1S/C27H27N5O3/c1-3-4-8-24-26(22-7-5-6-9-23(22)35-24)27(33)32(2)16-18-10-11-20-15-21(13-12-19(20)14-18)34-17-25-28-30-31-29-25/h5-7,9-15H,3-4,8,16-17H2,1-2H3,(H,28,29,30,31). The second-order valence-corrected chi connectivity index (χ2v) is 8.62. The summed E-state index contributed by atoms with van der Waals surface area (Å²) >= 11 is 0. The topological polar surface area (TPSA) is 97.1 Å². The Morgan fingerprint density at radius 3 is 2.74 bits per heavy atom. The molecule has 2 aromatic heterocycles. The lowest BCUT2D eigenvalue weighted by atomic mass is 10.0. The van der Waals surface area contributed by atoms with Crippen molar-refractivity contribution >= 4 is 27.6 Å². The summed E-state index contributed by atoms with van der Waals surface area (Å²) in [4.78, 5) is 15.3. The third-order valence-corrected chi connectivity index (χ3v) is 6.04. The molecule has 35 heavy (non-hydrogen) atoms. The molecule has 2 heterocycles. The largest absolute Gasteiger partial charge is 0.485 e. The summed E-state index contributed by atoms with van der Waals surface area (Å²) in [7, 11) is 1.84. The molecule has 0 aliphatic carbocycles. The lowest BCUT2D eigenvalue weighted by Crippen LogP contribution is -2.26. The van der Waals surface area contributed by atoms with Gasteiger partial charge in [0.15, 0.2) is 6.61 Å².